The van der Waals surface area contributed by atoms with Gasteiger partial charge in [-0.2, -0.15) is 0 Å². The van der Waals surface area contributed by atoms with Crippen LogP contribution < -0.4 is 0 Å². The van der Waals surface area contributed by atoms with Gasteiger partial charge < -0.3 is 0 Å². The summed E-state index contributed by atoms with van der Waals surface area (Å²) in [6.07, 6.45) is 1.82. The van der Waals surface area contributed by atoms with Gasteiger partial charge in [-0.15, -0.1) is 28.1 Å². The third kappa shape index (κ3) is 4.56. The summed E-state index contributed by atoms with van der Waals surface area (Å²) >= 11 is 15.6. The summed E-state index contributed by atoms with van der Waals surface area (Å²) < 4.78 is 2.00. The summed E-state index contributed by atoms with van der Waals surface area (Å²) in [5.41, 5.74) is 2.93. The van der Waals surface area contributed by atoms with Crippen molar-refractivity contribution in [3.8, 4) is 22.0 Å². The molecule has 29 heavy (non-hydrogen) atoms. The molecule has 0 aliphatic carbocycles. The summed E-state index contributed by atoms with van der Waals surface area (Å²) in [7, 11) is 0. The third-order valence-electron chi connectivity index (χ3n) is 4.12. The number of thioether (sulfide) groups is 1. The van der Waals surface area contributed by atoms with Crippen molar-refractivity contribution >= 4 is 46.3 Å². The minimum atomic E-state index is 0.541. The number of hydrogen-bond acceptors (Lipinski definition) is 5. The summed E-state index contributed by atoms with van der Waals surface area (Å²) in [4.78, 5) is 4.74. The summed E-state index contributed by atoms with van der Waals surface area (Å²) in [5, 5.41) is 13.7. The van der Waals surface area contributed by atoms with Crippen LogP contribution in [0.4, 0.5) is 0 Å². The van der Waals surface area contributed by atoms with E-state index >= 15 is 0 Å². The quantitative estimate of drug-likeness (QED) is 0.224. The highest BCUT2D eigenvalue weighted by Crippen LogP contribution is 2.33. The molecule has 4 aromatic rings. The van der Waals surface area contributed by atoms with Crippen LogP contribution in [0.2, 0.25) is 10.0 Å². The molecule has 0 aliphatic rings. The van der Waals surface area contributed by atoms with E-state index in [1.165, 1.54) is 0 Å². The number of allylic oxidation sites excluding steroid dienone is 1. The van der Waals surface area contributed by atoms with Gasteiger partial charge in [-0.1, -0.05) is 71.4 Å². The second-order valence-corrected chi connectivity index (χ2v) is 8.77. The van der Waals surface area contributed by atoms with Gasteiger partial charge in [0, 0.05) is 33.8 Å². The van der Waals surface area contributed by atoms with Crippen molar-refractivity contribution in [3.63, 3.8) is 0 Å². The predicted octanol–water partition coefficient (Wildman–Crippen LogP) is 6.85. The Morgan fingerprint density at radius 2 is 1.93 bits per heavy atom. The number of rotatable bonds is 7. The van der Waals surface area contributed by atoms with Crippen LogP contribution in [0.15, 0.2) is 71.7 Å². The Labute approximate surface area is 187 Å². The topological polar surface area (TPSA) is 43.6 Å². The van der Waals surface area contributed by atoms with Crippen LogP contribution >= 0.6 is 46.3 Å². The van der Waals surface area contributed by atoms with Gasteiger partial charge in [-0.25, -0.2) is 4.98 Å². The van der Waals surface area contributed by atoms with Crippen LogP contribution in [0.1, 0.15) is 5.69 Å². The van der Waals surface area contributed by atoms with Crippen LogP contribution in [0.3, 0.4) is 0 Å². The SMILES string of the molecule is C=CCn1c(SCc2csc(-c3ccccc3)n2)nnc1-c1ccc(Cl)cc1Cl. The Bertz CT molecular complexity index is 1140. The molecular weight excluding hydrogens is 443 g/mol. The Morgan fingerprint density at radius 3 is 2.69 bits per heavy atom. The van der Waals surface area contributed by atoms with E-state index in [1.54, 1.807) is 35.2 Å². The molecule has 0 saturated carbocycles. The van der Waals surface area contributed by atoms with E-state index in [4.69, 9.17) is 28.2 Å². The average Bonchev–Trinajstić information content (AvgIpc) is 3.35. The third-order valence-corrected chi connectivity index (χ3v) is 6.61. The maximum atomic E-state index is 6.37. The molecule has 0 atom stereocenters. The van der Waals surface area contributed by atoms with Gasteiger partial charge in [0.25, 0.3) is 0 Å². The van der Waals surface area contributed by atoms with Gasteiger partial charge in [0.05, 0.1) is 10.7 Å². The Kier molecular flexibility index (Phi) is 6.35. The van der Waals surface area contributed by atoms with Gasteiger partial charge in [0.2, 0.25) is 0 Å². The summed E-state index contributed by atoms with van der Waals surface area (Å²) in [5.74, 6) is 1.39. The Morgan fingerprint density at radius 1 is 1.10 bits per heavy atom. The predicted molar refractivity (Wildman–Crippen MR) is 123 cm³/mol. The van der Waals surface area contributed by atoms with Crippen LogP contribution in [0, 0.1) is 0 Å². The maximum absolute atomic E-state index is 6.37. The molecule has 146 valence electrons. The highest BCUT2D eigenvalue weighted by atomic mass is 35.5. The van der Waals surface area contributed by atoms with E-state index in [2.05, 4.69) is 34.3 Å². The Balaban J connectivity index is 1.56. The molecule has 2 aromatic heterocycles. The largest absolute Gasteiger partial charge is 0.298 e. The molecule has 0 bridgehead atoms. The molecule has 8 heteroatoms. The molecule has 0 radical (unpaired) electrons. The van der Waals surface area contributed by atoms with Gasteiger partial charge in [-0.05, 0) is 18.2 Å². The van der Waals surface area contributed by atoms with Crippen LogP contribution in [-0.4, -0.2) is 19.7 Å². The molecule has 0 saturated heterocycles. The van der Waals surface area contributed by atoms with Gasteiger partial charge in [0.15, 0.2) is 11.0 Å². The molecule has 0 amide bonds. The molecule has 0 aliphatic heterocycles. The average molecular weight is 459 g/mol. The monoisotopic (exact) mass is 458 g/mol. The molecule has 0 spiro atoms. The van der Waals surface area contributed by atoms with Crippen molar-refractivity contribution in [1.82, 2.24) is 19.7 Å². The molecule has 0 N–H and O–H groups in total. The second-order valence-electron chi connectivity index (χ2n) is 6.13. The van der Waals surface area contributed by atoms with Gasteiger partial charge in [-0.3, -0.25) is 4.57 Å². The molecule has 0 fully saturated rings. The van der Waals surface area contributed by atoms with Crippen molar-refractivity contribution in [3.05, 3.63) is 82.3 Å². The van der Waals surface area contributed by atoms with Crippen molar-refractivity contribution in [2.75, 3.05) is 0 Å². The number of aromatic nitrogens is 4. The zero-order valence-electron chi connectivity index (χ0n) is 15.3. The molecule has 4 nitrogen and oxygen atoms in total. The van der Waals surface area contributed by atoms with Gasteiger partial charge in [0.1, 0.15) is 5.01 Å². The van der Waals surface area contributed by atoms with E-state index < -0.39 is 0 Å². The van der Waals surface area contributed by atoms with Crippen molar-refractivity contribution < 1.29 is 0 Å². The minimum absolute atomic E-state index is 0.541. The Hall–Kier alpha value is -2.12. The van der Waals surface area contributed by atoms with E-state index in [0.29, 0.717) is 28.2 Å². The first-order chi connectivity index (χ1) is 14.2. The molecular formula is C21H16Cl2N4S2. The van der Waals surface area contributed by atoms with Crippen LogP contribution in [-0.2, 0) is 12.3 Å². The fourth-order valence-corrected chi connectivity index (χ4v) is 5.05. The fraction of sp³-hybridized carbons (Fsp3) is 0.0952. The molecule has 2 heterocycles. The first-order valence-corrected chi connectivity index (χ1v) is 11.4. The lowest BCUT2D eigenvalue weighted by Gasteiger charge is -2.08. The summed E-state index contributed by atoms with van der Waals surface area (Å²) in [6, 6.07) is 15.5. The van der Waals surface area contributed by atoms with Crippen LogP contribution in [0.25, 0.3) is 22.0 Å². The van der Waals surface area contributed by atoms with Gasteiger partial charge >= 0.3 is 0 Å². The number of hydrogen-bond donors (Lipinski definition) is 0. The van der Waals surface area contributed by atoms with Crippen molar-refractivity contribution in [2.24, 2.45) is 0 Å². The maximum Gasteiger partial charge on any atom is 0.192 e. The first-order valence-electron chi connectivity index (χ1n) is 8.78. The van der Waals surface area contributed by atoms with Crippen molar-refractivity contribution in [2.45, 2.75) is 17.5 Å². The smallest absolute Gasteiger partial charge is 0.192 e. The minimum Gasteiger partial charge on any atom is -0.298 e. The zero-order valence-corrected chi connectivity index (χ0v) is 18.4. The lowest BCUT2D eigenvalue weighted by Crippen LogP contribution is -2.01. The normalized spacial score (nSPS) is 11.0. The zero-order chi connectivity index (χ0) is 20.2. The number of halogens is 2. The number of benzene rings is 2. The summed E-state index contributed by atoms with van der Waals surface area (Å²) in [6.45, 7) is 4.43. The standard InChI is InChI=1S/C21H16Cl2N4S2/c1-2-10-27-19(17-9-8-15(22)11-18(17)23)25-26-21(27)29-13-16-12-28-20(24-16)14-6-4-3-5-7-14/h2-9,11-12H,1,10,13H2. The van der Waals surface area contributed by atoms with Crippen LogP contribution in [0.5, 0.6) is 0 Å². The highest BCUT2D eigenvalue weighted by Gasteiger charge is 2.17. The highest BCUT2D eigenvalue weighted by molar-refractivity contribution is 7.98. The van der Waals surface area contributed by atoms with E-state index in [1.807, 2.05) is 34.9 Å². The number of nitrogens with zero attached hydrogens (tertiary/aromatic N) is 4. The molecule has 2 aromatic carbocycles. The lowest BCUT2D eigenvalue weighted by molar-refractivity contribution is 0.731. The lowest BCUT2D eigenvalue weighted by atomic mass is 10.2. The van der Waals surface area contributed by atoms with Crippen molar-refractivity contribution in [1.29, 1.82) is 0 Å². The molecule has 4 rings (SSSR count). The fourth-order valence-electron chi connectivity index (χ4n) is 2.78. The van der Waals surface area contributed by atoms with E-state index in [-0.39, 0.29) is 0 Å². The molecule has 0 unspecified atom stereocenters. The van der Waals surface area contributed by atoms with E-state index in [9.17, 15) is 0 Å². The first kappa shape index (κ1) is 20.2. The second kappa shape index (κ2) is 9.13. The number of thiazole rings is 1. The van der Waals surface area contributed by atoms with E-state index in [0.717, 1.165) is 27.0 Å².